The molecule has 0 saturated heterocycles. The molecule has 0 unspecified atom stereocenters. The molecule has 0 spiro atoms. The number of aliphatic hydroxyl groups excluding tert-OH is 1. The van der Waals surface area contributed by atoms with Crippen LogP contribution in [-0.2, 0) is 6.18 Å². The maximum Gasteiger partial charge on any atom is 0.573 e. The number of hydrogen-bond donors (Lipinski definition) is 3. The van der Waals surface area contributed by atoms with Crippen molar-refractivity contribution in [3.8, 4) is 17.0 Å². The molecule has 1 aromatic heterocycles. The number of aliphatic hydroxyl groups is 1. The topological polar surface area (TPSA) is 79.3 Å². The van der Waals surface area contributed by atoms with Crippen LogP contribution in [0.25, 0.3) is 11.3 Å². The van der Waals surface area contributed by atoms with E-state index >= 15 is 0 Å². The third kappa shape index (κ3) is 6.97. The van der Waals surface area contributed by atoms with E-state index in [-0.39, 0.29) is 39.8 Å². The zero-order valence-electron chi connectivity index (χ0n) is 17.3. The Morgan fingerprint density at radius 2 is 1.76 bits per heavy atom. The lowest BCUT2D eigenvalue weighted by Gasteiger charge is -2.16. The van der Waals surface area contributed by atoms with Gasteiger partial charge in [0.05, 0.1) is 17.9 Å². The second-order valence-electron chi connectivity index (χ2n) is 7.08. The number of nitrogens with zero attached hydrogens (tertiary/aromatic N) is 2. The molecular formula is C21H17BrF6N4O2. The van der Waals surface area contributed by atoms with Gasteiger partial charge >= 0.3 is 12.5 Å². The molecule has 2 aromatic carbocycles. The number of benzene rings is 2. The van der Waals surface area contributed by atoms with Crippen molar-refractivity contribution in [2.24, 2.45) is 0 Å². The number of hydrogen-bond acceptors (Lipinski definition) is 6. The molecule has 0 fully saturated rings. The highest BCUT2D eigenvalue weighted by molar-refractivity contribution is 9.10. The number of halogens is 7. The Morgan fingerprint density at radius 1 is 1.03 bits per heavy atom. The fourth-order valence-electron chi connectivity index (χ4n) is 2.81. The smallest absolute Gasteiger partial charge is 0.406 e. The molecule has 182 valence electrons. The SMILES string of the molecule is C[C@@H](CO)Nc1nc(Nc2ccc(Br)c(C(F)(F)F)c2)cc(-c2cccc(OC(F)(F)F)c2)n1. The normalized spacial score (nSPS) is 12.9. The van der Waals surface area contributed by atoms with E-state index in [9.17, 15) is 31.4 Å². The minimum Gasteiger partial charge on any atom is -0.406 e. The molecule has 1 heterocycles. The van der Waals surface area contributed by atoms with Gasteiger partial charge < -0.3 is 20.5 Å². The van der Waals surface area contributed by atoms with E-state index in [4.69, 9.17) is 0 Å². The first-order chi connectivity index (χ1) is 15.8. The highest BCUT2D eigenvalue weighted by Crippen LogP contribution is 2.37. The van der Waals surface area contributed by atoms with Crippen molar-refractivity contribution in [2.75, 3.05) is 17.2 Å². The van der Waals surface area contributed by atoms with Crippen LogP contribution in [0.3, 0.4) is 0 Å². The van der Waals surface area contributed by atoms with Crippen LogP contribution in [-0.4, -0.2) is 34.1 Å². The number of nitrogens with one attached hydrogen (secondary N) is 2. The minimum absolute atomic E-state index is 0.00292. The molecule has 3 N–H and O–H groups in total. The third-order valence-electron chi connectivity index (χ3n) is 4.28. The van der Waals surface area contributed by atoms with Gasteiger partial charge in [0, 0.05) is 27.8 Å². The van der Waals surface area contributed by atoms with Crippen LogP contribution in [0, 0.1) is 0 Å². The second-order valence-corrected chi connectivity index (χ2v) is 7.94. The Bertz CT molecular complexity index is 1160. The highest BCUT2D eigenvalue weighted by Gasteiger charge is 2.33. The van der Waals surface area contributed by atoms with Gasteiger partial charge in [0.1, 0.15) is 11.6 Å². The molecule has 3 aromatic rings. The molecule has 0 aliphatic rings. The molecule has 0 bridgehead atoms. The van der Waals surface area contributed by atoms with Crippen LogP contribution in [0.5, 0.6) is 5.75 Å². The Kier molecular flexibility index (Phi) is 7.56. The summed E-state index contributed by atoms with van der Waals surface area (Å²) >= 11 is 2.87. The maximum absolute atomic E-state index is 13.2. The number of ether oxygens (including phenoxy) is 1. The van der Waals surface area contributed by atoms with Crippen molar-refractivity contribution in [3.63, 3.8) is 0 Å². The van der Waals surface area contributed by atoms with E-state index in [2.05, 4.69) is 41.3 Å². The second kappa shape index (κ2) is 10.1. The molecule has 3 rings (SSSR count). The zero-order chi connectivity index (χ0) is 25.1. The van der Waals surface area contributed by atoms with Crippen molar-refractivity contribution in [1.82, 2.24) is 9.97 Å². The first-order valence-electron chi connectivity index (χ1n) is 9.60. The molecule has 0 amide bonds. The van der Waals surface area contributed by atoms with Crippen LogP contribution < -0.4 is 15.4 Å². The van der Waals surface area contributed by atoms with Gasteiger partial charge in [-0.15, -0.1) is 13.2 Å². The van der Waals surface area contributed by atoms with Crippen LogP contribution in [0.4, 0.5) is 43.8 Å². The van der Waals surface area contributed by atoms with Crippen LogP contribution >= 0.6 is 15.9 Å². The van der Waals surface area contributed by atoms with Crippen molar-refractivity contribution < 1.29 is 36.2 Å². The highest BCUT2D eigenvalue weighted by atomic mass is 79.9. The average Bonchev–Trinajstić information content (AvgIpc) is 2.73. The van der Waals surface area contributed by atoms with E-state index in [1.165, 1.54) is 30.3 Å². The molecule has 34 heavy (non-hydrogen) atoms. The fraction of sp³-hybridized carbons (Fsp3) is 0.238. The van der Waals surface area contributed by atoms with Crippen molar-refractivity contribution in [3.05, 3.63) is 58.6 Å². The van der Waals surface area contributed by atoms with Gasteiger partial charge in [-0.1, -0.05) is 28.1 Å². The summed E-state index contributed by atoms with van der Waals surface area (Å²) in [6, 6.07) is 9.41. The first kappa shape index (κ1) is 25.6. The lowest BCUT2D eigenvalue weighted by molar-refractivity contribution is -0.274. The average molecular weight is 551 g/mol. The monoisotopic (exact) mass is 550 g/mol. The van der Waals surface area contributed by atoms with Gasteiger partial charge in [0.2, 0.25) is 5.95 Å². The first-order valence-corrected chi connectivity index (χ1v) is 10.4. The molecule has 0 aliphatic carbocycles. The van der Waals surface area contributed by atoms with E-state index in [0.29, 0.717) is 0 Å². The summed E-state index contributed by atoms with van der Waals surface area (Å²) in [4.78, 5) is 8.43. The molecule has 0 saturated carbocycles. The van der Waals surface area contributed by atoms with Gasteiger partial charge in [0.15, 0.2) is 0 Å². The van der Waals surface area contributed by atoms with E-state index in [0.717, 1.165) is 18.2 Å². The standard InChI is InChI=1S/C21H17BrF6N4O2/c1-11(10-33)29-19-31-17(12-3-2-4-14(7-12)34-21(26,27)28)9-18(32-19)30-13-5-6-16(22)15(8-13)20(23,24)25/h2-9,11,33H,10H2,1H3,(H2,29,30,31,32)/t11-/m0/s1. The number of aromatic nitrogens is 2. The Labute approximate surface area is 198 Å². The Hall–Kier alpha value is -3.06. The lowest BCUT2D eigenvalue weighted by Crippen LogP contribution is -2.21. The van der Waals surface area contributed by atoms with Gasteiger partial charge in [-0.05, 0) is 37.3 Å². The van der Waals surface area contributed by atoms with Crippen LogP contribution in [0.1, 0.15) is 12.5 Å². The number of alkyl halides is 6. The molecule has 0 aliphatic heterocycles. The van der Waals surface area contributed by atoms with Gasteiger partial charge in [-0.25, -0.2) is 4.98 Å². The predicted octanol–water partition coefficient (Wildman–Crippen LogP) is 6.36. The zero-order valence-corrected chi connectivity index (χ0v) is 18.9. The van der Waals surface area contributed by atoms with Crippen molar-refractivity contribution in [2.45, 2.75) is 25.5 Å². The third-order valence-corrected chi connectivity index (χ3v) is 4.97. The van der Waals surface area contributed by atoms with Crippen LogP contribution in [0.2, 0.25) is 0 Å². The van der Waals surface area contributed by atoms with Crippen LogP contribution in [0.15, 0.2) is 53.0 Å². The van der Waals surface area contributed by atoms with E-state index in [1.54, 1.807) is 6.92 Å². The quantitative estimate of drug-likeness (QED) is 0.297. The van der Waals surface area contributed by atoms with Crippen molar-refractivity contribution in [1.29, 1.82) is 0 Å². The predicted molar refractivity (Wildman–Crippen MR) is 117 cm³/mol. The summed E-state index contributed by atoms with van der Waals surface area (Å²) in [5, 5.41) is 14.9. The van der Waals surface area contributed by atoms with E-state index in [1.807, 2.05) is 0 Å². The minimum atomic E-state index is -4.89. The largest absolute Gasteiger partial charge is 0.573 e. The number of anilines is 3. The summed E-state index contributed by atoms with van der Waals surface area (Å²) in [6.07, 6.45) is -9.49. The molecule has 13 heteroatoms. The van der Waals surface area contributed by atoms with E-state index < -0.39 is 29.9 Å². The van der Waals surface area contributed by atoms with Crippen molar-refractivity contribution >= 4 is 33.4 Å². The summed E-state index contributed by atoms with van der Waals surface area (Å²) in [5.41, 5.74) is -0.448. The molecule has 6 nitrogen and oxygen atoms in total. The fourth-order valence-corrected chi connectivity index (χ4v) is 3.28. The Balaban J connectivity index is 2.01. The summed E-state index contributed by atoms with van der Waals surface area (Å²) in [6.45, 7) is 1.36. The van der Waals surface area contributed by atoms with Gasteiger partial charge in [-0.3, -0.25) is 0 Å². The van der Waals surface area contributed by atoms with Gasteiger partial charge in [0.25, 0.3) is 0 Å². The lowest BCUT2D eigenvalue weighted by atomic mass is 10.1. The molecule has 1 atom stereocenters. The van der Waals surface area contributed by atoms with Gasteiger partial charge in [-0.2, -0.15) is 18.2 Å². The summed E-state index contributed by atoms with van der Waals surface area (Å²) in [5.74, 6) is -0.411. The number of rotatable bonds is 7. The maximum atomic E-state index is 13.2. The summed E-state index contributed by atoms with van der Waals surface area (Å²) in [7, 11) is 0. The Morgan fingerprint density at radius 3 is 2.41 bits per heavy atom. The molecular weight excluding hydrogens is 534 g/mol. The molecule has 0 radical (unpaired) electrons. The summed E-state index contributed by atoms with van der Waals surface area (Å²) < 4.78 is 81.3.